The normalized spacial score (nSPS) is 24.1. The van der Waals surface area contributed by atoms with Crippen molar-refractivity contribution in [1.82, 2.24) is 24.4 Å². The second kappa shape index (κ2) is 10.9. The van der Waals surface area contributed by atoms with Gasteiger partial charge in [0.05, 0.1) is 6.33 Å². The predicted octanol–water partition coefficient (Wildman–Crippen LogP) is 4.84. The molecule has 2 saturated carbocycles. The van der Waals surface area contributed by atoms with Gasteiger partial charge in [0.15, 0.2) is 17.0 Å². The van der Waals surface area contributed by atoms with E-state index < -0.39 is 0 Å². The van der Waals surface area contributed by atoms with E-state index in [1.807, 2.05) is 18.5 Å². The van der Waals surface area contributed by atoms with Crippen LogP contribution in [0.4, 0.5) is 16.2 Å². The lowest BCUT2D eigenvalue weighted by Gasteiger charge is -2.32. The molecule has 2 aliphatic carbocycles. The van der Waals surface area contributed by atoms with Crippen LogP contribution in [0.2, 0.25) is 0 Å². The predicted molar refractivity (Wildman–Crippen MR) is 145 cm³/mol. The molecule has 8 nitrogen and oxygen atoms in total. The molecule has 0 spiro atoms. The van der Waals surface area contributed by atoms with Crippen LogP contribution >= 0.6 is 0 Å². The summed E-state index contributed by atoms with van der Waals surface area (Å²) in [6.45, 7) is 2.84. The average Bonchev–Trinajstić information content (AvgIpc) is 3.58. The number of nitrogens with one attached hydrogen (secondary N) is 2. The van der Waals surface area contributed by atoms with E-state index in [0.29, 0.717) is 30.1 Å². The summed E-state index contributed by atoms with van der Waals surface area (Å²) in [5.74, 6) is 1.36. The number of piperidine rings is 1. The molecule has 3 fully saturated rings. The van der Waals surface area contributed by atoms with Gasteiger partial charge in [-0.1, -0.05) is 25.0 Å². The molecule has 0 atom stereocenters. The Morgan fingerprint density at radius 1 is 0.865 bits per heavy atom. The molecule has 0 unspecified atom stereocenters. The standard InChI is InChI=1S/C28H39FN8/c29-20-7-5-19(6-8-20)17-36-15-13-23(14-16-36)32-26-25-27(37(18-31-25)24-3-1-2-4-24)35-28(34-26)33-22-11-9-21(30)10-12-22/h5-8,18,21-24H,1-4,9-17,30H2,(H2,32,33,34,35). The SMILES string of the molecule is NC1CCC(Nc2nc(NC3CCN(Cc4ccc(F)cc4)CC3)c3ncn(C4CCCC4)c3n2)CC1. The van der Waals surface area contributed by atoms with Crippen LogP contribution in [-0.4, -0.2) is 55.6 Å². The summed E-state index contributed by atoms with van der Waals surface area (Å²) >= 11 is 0. The summed E-state index contributed by atoms with van der Waals surface area (Å²) in [4.78, 5) is 17.2. The summed E-state index contributed by atoms with van der Waals surface area (Å²) in [6.07, 6.45) is 13.1. The van der Waals surface area contributed by atoms with Crippen molar-refractivity contribution in [3.8, 4) is 0 Å². The smallest absolute Gasteiger partial charge is 0.227 e. The van der Waals surface area contributed by atoms with Gasteiger partial charge in [0.1, 0.15) is 5.82 Å². The third-order valence-electron chi connectivity index (χ3n) is 8.49. The zero-order chi connectivity index (χ0) is 25.2. The third kappa shape index (κ3) is 5.72. The highest BCUT2D eigenvalue weighted by Crippen LogP contribution is 2.34. The van der Waals surface area contributed by atoms with Crippen LogP contribution < -0.4 is 16.4 Å². The number of rotatable bonds is 7. The summed E-state index contributed by atoms with van der Waals surface area (Å²) < 4.78 is 15.5. The van der Waals surface area contributed by atoms with E-state index in [9.17, 15) is 4.39 Å². The molecule has 4 N–H and O–H groups in total. The van der Waals surface area contributed by atoms with E-state index in [0.717, 1.165) is 80.7 Å². The molecule has 3 aromatic rings. The van der Waals surface area contributed by atoms with Crippen LogP contribution in [-0.2, 0) is 6.54 Å². The van der Waals surface area contributed by atoms with Crippen LogP contribution in [0.3, 0.4) is 0 Å². The maximum atomic E-state index is 13.3. The number of imidazole rings is 1. The fourth-order valence-corrected chi connectivity index (χ4v) is 6.25. The topological polar surface area (TPSA) is 96.9 Å². The van der Waals surface area contributed by atoms with Crippen molar-refractivity contribution < 1.29 is 4.39 Å². The molecule has 1 aromatic carbocycles. The van der Waals surface area contributed by atoms with Gasteiger partial charge in [-0.15, -0.1) is 0 Å². The van der Waals surface area contributed by atoms with E-state index in [2.05, 4.69) is 20.1 Å². The Morgan fingerprint density at radius 3 is 2.30 bits per heavy atom. The number of hydrogen-bond acceptors (Lipinski definition) is 7. The lowest BCUT2D eigenvalue weighted by molar-refractivity contribution is 0.211. The molecular weight excluding hydrogens is 467 g/mol. The summed E-state index contributed by atoms with van der Waals surface area (Å²) in [5, 5.41) is 7.36. The van der Waals surface area contributed by atoms with Crippen molar-refractivity contribution in [3.63, 3.8) is 0 Å². The van der Waals surface area contributed by atoms with Gasteiger partial charge in [-0.05, 0) is 69.1 Å². The maximum Gasteiger partial charge on any atom is 0.227 e. The van der Waals surface area contributed by atoms with Gasteiger partial charge in [-0.25, -0.2) is 9.37 Å². The average molecular weight is 507 g/mol. The van der Waals surface area contributed by atoms with E-state index >= 15 is 0 Å². The van der Waals surface area contributed by atoms with Crippen LogP contribution in [0.1, 0.15) is 75.8 Å². The minimum atomic E-state index is -0.181. The van der Waals surface area contributed by atoms with Crippen molar-refractivity contribution in [3.05, 3.63) is 42.0 Å². The van der Waals surface area contributed by atoms with Crippen molar-refractivity contribution in [1.29, 1.82) is 0 Å². The first-order valence-corrected chi connectivity index (χ1v) is 14.1. The molecule has 3 heterocycles. The molecule has 198 valence electrons. The van der Waals surface area contributed by atoms with E-state index in [1.165, 1.54) is 25.7 Å². The molecule has 0 bridgehead atoms. The quantitative estimate of drug-likeness (QED) is 0.422. The van der Waals surface area contributed by atoms with Gasteiger partial charge in [-0.3, -0.25) is 4.90 Å². The van der Waals surface area contributed by atoms with E-state index in [-0.39, 0.29) is 5.82 Å². The van der Waals surface area contributed by atoms with Crippen LogP contribution in [0.25, 0.3) is 11.2 Å². The zero-order valence-corrected chi connectivity index (χ0v) is 21.6. The fraction of sp³-hybridized carbons (Fsp3) is 0.607. The first kappa shape index (κ1) is 24.6. The van der Waals surface area contributed by atoms with Gasteiger partial charge >= 0.3 is 0 Å². The Hall–Kier alpha value is -2.78. The number of anilines is 2. The Bertz CT molecular complexity index is 1170. The molecule has 0 radical (unpaired) electrons. The largest absolute Gasteiger partial charge is 0.365 e. The molecule has 2 aromatic heterocycles. The molecule has 9 heteroatoms. The Kier molecular flexibility index (Phi) is 7.24. The number of benzene rings is 1. The molecule has 37 heavy (non-hydrogen) atoms. The van der Waals surface area contributed by atoms with Crippen LogP contribution in [0, 0.1) is 5.82 Å². The molecule has 1 saturated heterocycles. The third-order valence-corrected chi connectivity index (χ3v) is 8.49. The van der Waals surface area contributed by atoms with Crippen LogP contribution in [0.5, 0.6) is 0 Å². The molecule has 3 aliphatic rings. The highest BCUT2D eigenvalue weighted by molar-refractivity contribution is 5.84. The number of halogens is 1. The first-order valence-electron chi connectivity index (χ1n) is 14.1. The second-order valence-corrected chi connectivity index (χ2v) is 11.2. The second-order valence-electron chi connectivity index (χ2n) is 11.2. The summed E-state index contributed by atoms with van der Waals surface area (Å²) in [6, 6.07) is 8.34. The van der Waals surface area contributed by atoms with Gasteiger partial charge in [0, 0.05) is 43.8 Å². The summed E-state index contributed by atoms with van der Waals surface area (Å²) in [7, 11) is 0. The van der Waals surface area contributed by atoms with Gasteiger partial charge in [0.25, 0.3) is 0 Å². The number of nitrogens with zero attached hydrogens (tertiary/aromatic N) is 5. The number of likely N-dealkylation sites (tertiary alicyclic amines) is 1. The summed E-state index contributed by atoms with van der Waals surface area (Å²) in [5.41, 5.74) is 9.09. The fourth-order valence-electron chi connectivity index (χ4n) is 6.25. The van der Waals surface area contributed by atoms with Crippen molar-refractivity contribution in [2.45, 2.75) is 94.9 Å². The lowest BCUT2D eigenvalue weighted by atomic mass is 9.92. The minimum absolute atomic E-state index is 0.181. The van der Waals surface area contributed by atoms with Gasteiger partial charge in [0.2, 0.25) is 5.95 Å². The van der Waals surface area contributed by atoms with Gasteiger partial charge in [-0.2, -0.15) is 9.97 Å². The number of nitrogens with two attached hydrogens (primary N) is 1. The Balaban J connectivity index is 1.17. The van der Waals surface area contributed by atoms with Crippen molar-refractivity contribution in [2.75, 3.05) is 23.7 Å². The van der Waals surface area contributed by atoms with Crippen LogP contribution in [0.15, 0.2) is 30.6 Å². The molecule has 0 amide bonds. The van der Waals surface area contributed by atoms with Crippen molar-refractivity contribution >= 4 is 22.9 Å². The van der Waals surface area contributed by atoms with E-state index in [1.54, 1.807) is 12.1 Å². The molecular formula is C28H39FN8. The van der Waals surface area contributed by atoms with E-state index in [4.69, 9.17) is 20.7 Å². The highest BCUT2D eigenvalue weighted by Gasteiger charge is 2.26. The lowest BCUT2D eigenvalue weighted by Crippen LogP contribution is -2.39. The number of fused-ring (bicyclic) bond motifs is 1. The zero-order valence-electron chi connectivity index (χ0n) is 21.6. The van der Waals surface area contributed by atoms with Gasteiger partial charge < -0.3 is 20.9 Å². The number of hydrogen-bond donors (Lipinski definition) is 3. The number of aromatic nitrogens is 4. The Morgan fingerprint density at radius 2 is 1.57 bits per heavy atom. The first-order chi connectivity index (χ1) is 18.1. The highest BCUT2D eigenvalue weighted by atomic mass is 19.1. The molecule has 6 rings (SSSR count). The van der Waals surface area contributed by atoms with Crippen molar-refractivity contribution in [2.24, 2.45) is 5.73 Å². The minimum Gasteiger partial charge on any atom is -0.365 e. The maximum absolute atomic E-state index is 13.3. The molecule has 1 aliphatic heterocycles. The Labute approximate surface area is 218 Å². The monoisotopic (exact) mass is 506 g/mol.